The molecule has 102 valence electrons. The molecule has 8 heteroatoms. The van der Waals surface area contributed by atoms with E-state index in [2.05, 4.69) is 20.7 Å². The summed E-state index contributed by atoms with van der Waals surface area (Å²) in [4.78, 5) is 0. The highest BCUT2D eigenvalue weighted by Gasteiger charge is 2.16. The minimum absolute atomic E-state index is 0.119. The highest BCUT2D eigenvalue weighted by atomic mass is 79.9. The zero-order chi connectivity index (χ0) is 14.0. The molecule has 0 fully saturated rings. The van der Waals surface area contributed by atoms with Crippen LogP contribution in [0, 0.1) is 0 Å². The van der Waals surface area contributed by atoms with Gasteiger partial charge in [-0.05, 0) is 45.8 Å². The van der Waals surface area contributed by atoms with E-state index in [0.717, 1.165) is 15.1 Å². The second-order valence-corrected chi connectivity index (χ2v) is 8.92. The van der Waals surface area contributed by atoms with Crippen LogP contribution in [0.4, 0.5) is 0 Å². The fourth-order valence-corrected chi connectivity index (χ4v) is 4.89. The molecule has 0 spiro atoms. The molecule has 2 rings (SSSR count). The molecule has 1 N–H and O–H groups in total. The molecule has 0 amide bonds. The van der Waals surface area contributed by atoms with Crippen molar-refractivity contribution in [2.24, 2.45) is 0 Å². The number of rotatable bonds is 4. The van der Waals surface area contributed by atoms with Crippen molar-refractivity contribution in [3.8, 4) is 0 Å². The predicted octanol–water partition coefficient (Wildman–Crippen LogP) is 4.30. The van der Waals surface area contributed by atoms with E-state index >= 15 is 0 Å². The summed E-state index contributed by atoms with van der Waals surface area (Å²) < 4.78 is 27.5. The first-order valence-electron chi connectivity index (χ1n) is 5.07. The van der Waals surface area contributed by atoms with Gasteiger partial charge in [0, 0.05) is 16.6 Å². The summed E-state index contributed by atoms with van der Waals surface area (Å²) in [6, 6.07) is 8.17. The molecule has 0 bridgehead atoms. The van der Waals surface area contributed by atoms with Crippen LogP contribution in [0.15, 0.2) is 38.3 Å². The second kappa shape index (κ2) is 6.11. The number of sulfonamides is 1. The van der Waals surface area contributed by atoms with E-state index in [-0.39, 0.29) is 10.8 Å². The van der Waals surface area contributed by atoms with Crippen molar-refractivity contribution in [2.45, 2.75) is 10.8 Å². The standard InChI is InChI=1S/C11H8BrCl2NO2S2/c12-10-3-4-11(18-10)19(16,17)15-6-7-1-2-8(13)5-9(7)14/h1-5,15H,6H2. The summed E-state index contributed by atoms with van der Waals surface area (Å²) in [5.74, 6) is 0. The van der Waals surface area contributed by atoms with Gasteiger partial charge in [-0.2, -0.15) is 0 Å². The van der Waals surface area contributed by atoms with Gasteiger partial charge < -0.3 is 0 Å². The van der Waals surface area contributed by atoms with E-state index in [1.807, 2.05) is 0 Å². The van der Waals surface area contributed by atoms with Crippen molar-refractivity contribution in [2.75, 3.05) is 0 Å². The van der Waals surface area contributed by atoms with E-state index in [1.165, 1.54) is 0 Å². The van der Waals surface area contributed by atoms with Crippen LogP contribution in [0.2, 0.25) is 10.0 Å². The molecule has 0 aliphatic carbocycles. The summed E-state index contributed by atoms with van der Waals surface area (Å²) in [6.45, 7) is 0.119. The average Bonchev–Trinajstić information content (AvgIpc) is 2.75. The minimum atomic E-state index is -3.52. The van der Waals surface area contributed by atoms with E-state index < -0.39 is 10.0 Å². The first-order valence-corrected chi connectivity index (χ1v) is 8.92. The Kier molecular flexibility index (Phi) is 4.92. The quantitative estimate of drug-likeness (QED) is 0.831. The zero-order valence-corrected chi connectivity index (χ0v) is 14.1. The maximum Gasteiger partial charge on any atom is 0.250 e. The Labute approximate surface area is 133 Å². The fourth-order valence-electron chi connectivity index (χ4n) is 1.35. The SMILES string of the molecule is O=S(=O)(NCc1ccc(Cl)cc1Cl)c1ccc(Br)s1. The van der Waals surface area contributed by atoms with Gasteiger partial charge in [-0.3, -0.25) is 0 Å². The Morgan fingerprint density at radius 2 is 1.95 bits per heavy atom. The van der Waals surface area contributed by atoms with Gasteiger partial charge in [0.15, 0.2) is 0 Å². The molecule has 1 heterocycles. The molecule has 0 aliphatic heterocycles. The van der Waals surface area contributed by atoms with Gasteiger partial charge in [0.1, 0.15) is 4.21 Å². The molecule has 0 saturated heterocycles. The van der Waals surface area contributed by atoms with Crippen LogP contribution >= 0.6 is 50.5 Å². The fraction of sp³-hybridized carbons (Fsp3) is 0.0909. The third-order valence-corrected chi connectivity index (χ3v) is 6.38. The van der Waals surface area contributed by atoms with Crippen LogP contribution in [0.1, 0.15) is 5.56 Å². The van der Waals surface area contributed by atoms with Crippen molar-refractivity contribution in [3.63, 3.8) is 0 Å². The smallest absolute Gasteiger partial charge is 0.206 e. The monoisotopic (exact) mass is 399 g/mol. The molecule has 1 aromatic heterocycles. The third kappa shape index (κ3) is 3.93. The molecule has 0 unspecified atom stereocenters. The summed E-state index contributed by atoms with van der Waals surface area (Å²) in [5, 5.41) is 0.946. The number of nitrogens with one attached hydrogen (secondary N) is 1. The number of halogens is 3. The van der Waals surface area contributed by atoms with Crippen molar-refractivity contribution >= 4 is 60.5 Å². The molecule has 0 saturated carbocycles. The van der Waals surface area contributed by atoms with Gasteiger partial charge in [-0.25, -0.2) is 13.1 Å². The van der Waals surface area contributed by atoms with E-state index in [1.54, 1.807) is 30.3 Å². The number of thiophene rings is 1. The van der Waals surface area contributed by atoms with Gasteiger partial charge in [0.2, 0.25) is 10.0 Å². The summed E-state index contributed by atoms with van der Waals surface area (Å²) in [7, 11) is -3.52. The van der Waals surface area contributed by atoms with Crippen LogP contribution in [0.25, 0.3) is 0 Å². The Morgan fingerprint density at radius 1 is 1.21 bits per heavy atom. The van der Waals surface area contributed by atoms with E-state index in [9.17, 15) is 8.42 Å². The van der Waals surface area contributed by atoms with Crippen molar-refractivity contribution in [1.82, 2.24) is 4.72 Å². The van der Waals surface area contributed by atoms with Crippen molar-refractivity contribution in [1.29, 1.82) is 0 Å². The predicted molar refractivity (Wildman–Crippen MR) is 82.5 cm³/mol. The van der Waals surface area contributed by atoms with Gasteiger partial charge in [-0.1, -0.05) is 29.3 Å². The highest BCUT2D eigenvalue weighted by molar-refractivity contribution is 9.11. The van der Waals surface area contributed by atoms with Crippen LogP contribution in [-0.2, 0) is 16.6 Å². The van der Waals surface area contributed by atoms with Crippen molar-refractivity contribution in [3.05, 3.63) is 49.7 Å². The van der Waals surface area contributed by atoms with Crippen molar-refractivity contribution < 1.29 is 8.42 Å². The van der Waals surface area contributed by atoms with Gasteiger partial charge in [-0.15, -0.1) is 11.3 Å². The van der Waals surface area contributed by atoms with Gasteiger partial charge >= 0.3 is 0 Å². The van der Waals surface area contributed by atoms with Gasteiger partial charge in [0.05, 0.1) is 3.79 Å². The molecule has 2 aromatic rings. The topological polar surface area (TPSA) is 46.2 Å². The molecule has 3 nitrogen and oxygen atoms in total. The molecule has 1 aromatic carbocycles. The Bertz CT molecular complexity index is 700. The Morgan fingerprint density at radius 3 is 2.53 bits per heavy atom. The van der Waals surface area contributed by atoms with Crippen LogP contribution in [-0.4, -0.2) is 8.42 Å². The lowest BCUT2D eigenvalue weighted by molar-refractivity contribution is 0.583. The molecular formula is C11H8BrCl2NO2S2. The molecular weight excluding hydrogens is 393 g/mol. The first-order chi connectivity index (χ1) is 8.88. The van der Waals surface area contributed by atoms with Gasteiger partial charge in [0.25, 0.3) is 0 Å². The number of benzene rings is 1. The Hall–Kier alpha value is -0.110. The van der Waals surface area contributed by atoms with E-state index in [4.69, 9.17) is 23.2 Å². The zero-order valence-electron chi connectivity index (χ0n) is 9.36. The minimum Gasteiger partial charge on any atom is -0.206 e. The normalized spacial score (nSPS) is 11.7. The molecule has 0 radical (unpaired) electrons. The summed E-state index contributed by atoms with van der Waals surface area (Å²) in [5.41, 5.74) is 0.672. The Balaban J connectivity index is 2.14. The summed E-state index contributed by atoms with van der Waals surface area (Å²) in [6.07, 6.45) is 0. The molecule has 0 aliphatic rings. The maximum atomic E-state index is 12.0. The third-order valence-electron chi connectivity index (χ3n) is 2.28. The van der Waals surface area contributed by atoms with Crippen LogP contribution in [0.5, 0.6) is 0 Å². The first kappa shape index (κ1) is 15.3. The van der Waals surface area contributed by atoms with E-state index in [0.29, 0.717) is 15.6 Å². The van der Waals surface area contributed by atoms with Crippen LogP contribution in [0.3, 0.4) is 0 Å². The molecule has 19 heavy (non-hydrogen) atoms. The maximum absolute atomic E-state index is 12.0. The van der Waals surface area contributed by atoms with Crippen LogP contribution < -0.4 is 4.72 Å². The molecule has 0 atom stereocenters. The lowest BCUT2D eigenvalue weighted by atomic mass is 10.2. The number of hydrogen-bond donors (Lipinski definition) is 1. The largest absolute Gasteiger partial charge is 0.250 e. The lowest BCUT2D eigenvalue weighted by Crippen LogP contribution is -2.22. The highest BCUT2D eigenvalue weighted by Crippen LogP contribution is 2.26. The average molecular weight is 401 g/mol. The number of hydrogen-bond acceptors (Lipinski definition) is 3. The second-order valence-electron chi connectivity index (χ2n) is 3.62. The lowest BCUT2D eigenvalue weighted by Gasteiger charge is -2.07. The summed E-state index contributed by atoms with van der Waals surface area (Å²) >= 11 is 16.1.